The van der Waals surface area contributed by atoms with Gasteiger partial charge in [-0.05, 0) is 96.2 Å². The Morgan fingerprint density at radius 2 is 0.750 bits per heavy atom. The Labute approximate surface area is 352 Å². The first-order valence-corrected chi connectivity index (χ1v) is 20.0. The molecule has 1 radical (unpaired) electrons. The van der Waals surface area contributed by atoms with Gasteiger partial charge in [-0.3, -0.25) is 0 Å². The Morgan fingerprint density at radius 3 is 1.12 bits per heavy atom. The molecule has 6 aromatic rings. The Morgan fingerprint density at radius 1 is 0.411 bits per heavy atom. The molecular weight excluding hydrogens is 866 g/mol. The summed E-state index contributed by atoms with van der Waals surface area (Å²) in [4.78, 5) is 7.19. The van der Waals surface area contributed by atoms with E-state index in [1.165, 1.54) is 56.1 Å². The zero-order chi connectivity index (χ0) is 39.0. The van der Waals surface area contributed by atoms with Crippen LogP contribution < -0.4 is 14.7 Å². The average Bonchev–Trinajstić information content (AvgIpc) is 3.56. The summed E-state index contributed by atoms with van der Waals surface area (Å²) in [5, 5.41) is 4.94. The fourth-order valence-electron chi connectivity index (χ4n) is 8.08. The second-order valence-corrected chi connectivity index (χ2v) is 16.2. The van der Waals surface area contributed by atoms with Gasteiger partial charge in [-0.25, -0.2) is 0 Å². The number of hydrogen-bond donors (Lipinski definition) is 0. The van der Waals surface area contributed by atoms with Crippen LogP contribution in [-0.4, -0.2) is 0 Å². The number of fused-ring (bicyclic) bond motifs is 3. The fourth-order valence-corrected chi connectivity index (χ4v) is 8.08. The quantitative estimate of drug-likeness (QED) is 0.118. The summed E-state index contributed by atoms with van der Waals surface area (Å²) in [6.45, 7) is 25.0. The van der Waals surface area contributed by atoms with E-state index in [-0.39, 0.29) is 22.4 Å². The summed E-state index contributed by atoms with van der Waals surface area (Å²) in [5.41, 5.74) is 18.7. The SMILES string of the molecule is CC(C)c1cccc(C(C)C)c1N1[CH-]N(c2c(C(C)C)cccc2C(C)C)c2ccccc21.Cc1cccc2c1[N-]c1c(C)cccc1N2c1ccccc1.[Au]. The van der Waals surface area contributed by atoms with Gasteiger partial charge >= 0.3 is 0 Å². The second kappa shape index (κ2) is 17.2. The monoisotopic (exact) mass is 921 g/mol. The molecule has 0 atom stereocenters. The summed E-state index contributed by atoms with van der Waals surface area (Å²) in [7, 11) is 0. The topological polar surface area (TPSA) is 23.8 Å². The Hall–Kier alpha value is -4.74. The number of benzene rings is 6. The van der Waals surface area contributed by atoms with Crippen LogP contribution in [-0.2, 0) is 22.4 Å². The first-order chi connectivity index (χ1) is 26.5. The number of rotatable bonds is 7. The third-order valence-corrected chi connectivity index (χ3v) is 11.0. The van der Waals surface area contributed by atoms with E-state index >= 15 is 0 Å². The van der Waals surface area contributed by atoms with Crippen LogP contribution in [0.1, 0.15) is 112 Å². The minimum atomic E-state index is 0. The standard InChI is InChI=1S/C31H39N2.C20H17N2.Au/c1-20(2)24-13-11-14-25(21(3)4)30(24)32-19-33(29-18-10-9-17-28(29)32)31-26(22(5)6)15-12-16-27(31)23(7)8;1-14-8-6-12-17-19(14)21-20-15(2)9-7-13-18(20)22(17)16-10-4-3-5-11-16;/h9-23H,1-8H3;3-13H,1-2H3;/q2*-1;. The predicted molar refractivity (Wildman–Crippen MR) is 238 cm³/mol. The summed E-state index contributed by atoms with van der Waals surface area (Å²) in [6.07, 6.45) is 0. The van der Waals surface area contributed by atoms with Crippen LogP contribution in [0.25, 0.3) is 5.32 Å². The molecule has 0 aromatic heterocycles. The maximum Gasteiger partial charge on any atom is 0.0460 e. The van der Waals surface area contributed by atoms with Crippen molar-refractivity contribution in [3.63, 3.8) is 0 Å². The normalized spacial score (nSPS) is 12.9. The minimum absolute atomic E-state index is 0. The van der Waals surface area contributed by atoms with Crippen LogP contribution >= 0.6 is 0 Å². The van der Waals surface area contributed by atoms with Crippen LogP contribution in [0.3, 0.4) is 0 Å². The molecule has 0 unspecified atom stereocenters. The van der Waals surface area contributed by atoms with Crippen molar-refractivity contribution in [2.24, 2.45) is 0 Å². The van der Waals surface area contributed by atoms with Crippen molar-refractivity contribution in [3.05, 3.63) is 173 Å². The fraction of sp³-hybridized carbons (Fsp3) is 0.275. The van der Waals surface area contributed by atoms with Gasteiger partial charge in [0.2, 0.25) is 0 Å². The van der Waals surface area contributed by atoms with Crippen molar-refractivity contribution in [1.29, 1.82) is 0 Å². The molecule has 2 aliphatic heterocycles. The van der Waals surface area contributed by atoms with E-state index < -0.39 is 0 Å². The maximum absolute atomic E-state index is 4.94. The van der Waals surface area contributed by atoms with E-state index in [9.17, 15) is 0 Å². The maximum atomic E-state index is 4.94. The molecule has 0 bridgehead atoms. The molecule has 56 heavy (non-hydrogen) atoms. The number of anilines is 7. The zero-order valence-electron chi connectivity index (χ0n) is 34.6. The van der Waals surface area contributed by atoms with Gasteiger partial charge in [-0.15, -0.1) is 18.0 Å². The average molecular weight is 922 g/mol. The molecule has 0 saturated heterocycles. The van der Waals surface area contributed by atoms with Gasteiger partial charge in [-0.1, -0.05) is 158 Å². The van der Waals surface area contributed by atoms with Gasteiger partial charge in [-0.2, -0.15) is 0 Å². The van der Waals surface area contributed by atoms with Crippen LogP contribution in [0, 0.1) is 20.5 Å². The van der Waals surface area contributed by atoms with Gasteiger partial charge in [0, 0.05) is 62.2 Å². The molecule has 0 saturated carbocycles. The smallest absolute Gasteiger partial charge is 0.0460 e. The number of hydrogen-bond acceptors (Lipinski definition) is 3. The minimum Gasteiger partial charge on any atom is -0.654 e. The molecule has 0 N–H and O–H groups in total. The van der Waals surface area contributed by atoms with Crippen molar-refractivity contribution in [2.45, 2.75) is 92.9 Å². The first kappa shape index (κ1) is 40.9. The van der Waals surface area contributed by atoms with E-state index in [0.717, 1.165) is 28.4 Å². The molecule has 0 aliphatic carbocycles. The molecule has 5 heteroatoms. The van der Waals surface area contributed by atoms with E-state index in [0.29, 0.717) is 23.7 Å². The van der Waals surface area contributed by atoms with Crippen LogP contribution in [0.15, 0.2) is 127 Å². The molecule has 6 aromatic carbocycles. The summed E-state index contributed by atoms with van der Waals surface area (Å²) >= 11 is 0. The molecule has 0 fully saturated rings. The predicted octanol–water partition coefficient (Wildman–Crippen LogP) is 16.0. The second-order valence-electron chi connectivity index (χ2n) is 16.2. The molecule has 2 heterocycles. The molecule has 0 amide bonds. The third-order valence-electron chi connectivity index (χ3n) is 11.0. The number of para-hydroxylation sites is 7. The van der Waals surface area contributed by atoms with E-state index in [1.807, 2.05) is 6.07 Å². The van der Waals surface area contributed by atoms with Crippen LogP contribution in [0.2, 0.25) is 0 Å². The third kappa shape index (κ3) is 7.68. The van der Waals surface area contributed by atoms with Crippen molar-refractivity contribution < 1.29 is 22.4 Å². The largest absolute Gasteiger partial charge is 0.654 e. The van der Waals surface area contributed by atoms with E-state index in [2.05, 4.69) is 212 Å². The van der Waals surface area contributed by atoms with Gasteiger partial charge in [0.05, 0.1) is 0 Å². The zero-order valence-corrected chi connectivity index (χ0v) is 36.8. The number of aryl methyl sites for hydroxylation is 2. The van der Waals surface area contributed by atoms with Gasteiger partial charge < -0.3 is 20.0 Å². The van der Waals surface area contributed by atoms with Crippen molar-refractivity contribution >= 4 is 51.2 Å². The van der Waals surface area contributed by atoms with Gasteiger partial charge in [0.25, 0.3) is 0 Å². The van der Waals surface area contributed by atoms with Gasteiger partial charge in [0.1, 0.15) is 0 Å². The summed E-state index contributed by atoms with van der Waals surface area (Å²) in [5.74, 6) is 1.79. The Balaban J connectivity index is 0.000000200. The first-order valence-electron chi connectivity index (χ1n) is 20.0. The Bertz CT molecular complexity index is 2100. The molecule has 4 nitrogen and oxygen atoms in total. The summed E-state index contributed by atoms with van der Waals surface area (Å²) < 4.78 is 0. The summed E-state index contributed by atoms with van der Waals surface area (Å²) in [6, 6.07) is 45.7. The van der Waals surface area contributed by atoms with Crippen LogP contribution in [0.5, 0.6) is 0 Å². The van der Waals surface area contributed by atoms with Crippen LogP contribution in [0.4, 0.5) is 51.2 Å². The molecule has 2 aliphatic rings. The number of nitrogens with zero attached hydrogens (tertiary/aromatic N) is 4. The van der Waals surface area contributed by atoms with Crippen molar-refractivity contribution in [3.8, 4) is 0 Å². The van der Waals surface area contributed by atoms with Crippen molar-refractivity contribution in [1.82, 2.24) is 0 Å². The van der Waals surface area contributed by atoms with E-state index in [1.54, 1.807) is 0 Å². The Kier molecular flexibility index (Phi) is 12.5. The van der Waals surface area contributed by atoms with Crippen molar-refractivity contribution in [2.75, 3.05) is 14.7 Å². The molecule has 293 valence electrons. The van der Waals surface area contributed by atoms with Gasteiger partial charge in [0.15, 0.2) is 0 Å². The van der Waals surface area contributed by atoms with E-state index in [4.69, 9.17) is 5.32 Å². The molecule has 0 spiro atoms. The molecule has 8 rings (SSSR count). The molecular formula is C51H56AuN4-2.